The average molecular weight is 737 g/mol. The van der Waals surface area contributed by atoms with Crippen molar-refractivity contribution >= 4 is 68.3 Å². The van der Waals surface area contributed by atoms with Gasteiger partial charge in [-0.1, -0.05) is 24.3 Å². The van der Waals surface area contributed by atoms with Gasteiger partial charge in [0, 0.05) is 58.7 Å². The lowest BCUT2D eigenvalue weighted by atomic mass is 10.1. The summed E-state index contributed by atoms with van der Waals surface area (Å²) in [6, 6.07) is 19.8. The summed E-state index contributed by atoms with van der Waals surface area (Å²) in [6.45, 7) is 7.23. The molecule has 6 aromatic rings. The third-order valence-corrected chi connectivity index (χ3v) is 8.53. The van der Waals surface area contributed by atoms with Crippen LogP contribution in [0.4, 0.5) is 43.4 Å². The standard InChI is InChI=1S/2C19H21FN6O/c2*1-10(21)11(2)24-19-15(20)9-14(17(22)27)18(26-19)25-13-6-5-12-4-3-7-23-16(12)8-13/h2*3-11H,21H2,1-2H3,(H2,22,27)(H2,24,25,26)/t2*10-,11+/m10/s1. The molecule has 0 aliphatic carbocycles. The summed E-state index contributed by atoms with van der Waals surface area (Å²) in [5, 5.41) is 13.8. The van der Waals surface area contributed by atoms with Gasteiger partial charge in [0.05, 0.1) is 22.2 Å². The summed E-state index contributed by atoms with van der Waals surface area (Å²) in [6.07, 6.45) is 3.38. The summed E-state index contributed by atoms with van der Waals surface area (Å²) in [5.74, 6) is -2.64. The van der Waals surface area contributed by atoms with Crippen LogP contribution in [0.25, 0.3) is 21.8 Å². The molecule has 0 saturated heterocycles. The highest BCUT2D eigenvalue weighted by Gasteiger charge is 2.20. The Bertz CT molecular complexity index is 2140. The van der Waals surface area contributed by atoms with Crippen LogP contribution in [-0.4, -0.2) is 55.9 Å². The van der Waals surface area contributed by atoms with Gasteiger partial charge in [-0.3, -0.25) is 19.6 Å². The van der Waals surface area contributed by atoms with Gasteiger partial charge >= 0.3 is 0 Å². The molecule has 0 bridgehead atoms. The van der Waals surface area contributed by atoms with Crippen LogP contribution in [0.3, 0.4) is 0 Å². The third-order valence-electron chi connectivity index (χ3n) is 8.53. The predicted octanol–water partition coefficient (Wildman–Crippen LogP) is 5.52. The molecule has 16 heteroatoms. The van der Waals surface area contributed by atoms with Gasteiger partial charge in [-0.05, 0) is 76.2 Å². The summed E-state index contributed by atoms with van der Waals surface area (Å²) < 4.78 is 28.7. The van der Waals surface area contributed by atoms with Crippen molar-refractivity contribution in [1.29, 1.82) is 0 Å². The lowest BCUT2D eigenvalue weighted by Gasteiger charge is -2.20. The van der Waals surface area contributed by atoms with E-state index in [0.29, 0.717) is 11.4 Å². The minimum Gasteiger partial charge on any atom is -0.365 e. The Hall–Kier alpha value is -6.52. The number of aromatic nitrogens is 4. The Morgan fingerprint density at radius 3 is 1.33 bits per heavy atom. The number of primary amides is 2. The first-order chi connectivity index (χ1) is 25.7. The van der Waals surface area contributed by atoms with E-state index in [-0.39, 0.29) is 58.6 Å². The van der Waals surface area contributed by atoms with Crippen LogP contribution >= 0.6 is 0 Å². The third kappa shape index (κ3) is 9.47. The number of nitrogens with zero attached hydrogens (tertiary/aromatic N) is 4. The molecule has 4 atom stereocenters. The number of fused-ring (bicyclic) bond motifs is 2. The summed E-state index contributed by atoms with van der Waals surface area (Å²) in [4.78, 5) is 40.5. The molecule has 0 unspecified atom stereocenters. The van der Waals surface area contributed by atoms with Crippen molar-refractivity contribution in [2.75, 3.05) is 21.3 Å². The predicted molar refractivity (Wildman–Crippen MR) is 209 cm³/mol. The van der Waals surface area contributed by atoms with E-state index in [4.69, 9.17) is 22.9 Å². The fourth-order valence-corrected chi connectivity index (χ4v) is 5.00. The van der Waals surface area contributed by atoms with Gasteiger partial charge in [0.25, 0.3) is 11.8 Å². The lowest BCUT2D eigenvalue weighted by molar-refractivity contribution is 0.0992. The first-order valence-electron chi connectivity index (χ1n) is 17.0. The maximum absolute atomic E-state index is 14.3. The Balaban J connectivity index is 0.000000208. The van der Waals surface area contributed by atoms with Crippen LogP contribution in [0, 0.1) is 11.6 Å². The monoisotopic (exact) mass is 736 g/mol. The zero-order chi connectivity index (χ0) is 39.1. The van der Waals surface area contributed by atoms with Gasteiger partial charge < -0.3 is 44.2 Å². The smallest absolute Gasteiger partial charge is 0.252 e. The van der Waals surface area contributed by atoms with Crippen LogP contribution in [0.2, 0.25) is 0 Å². The van der Waals surface area contributed by atoms with E-state index in [1.165, 1.54) is 0 Å². The number of hydrogen-bond acceptors (Lipinski definition) is 12. The van der Waals surface area contributed by atoms with Crippen molar-refractivity contribution in [3.05, 3.63) is 108 Å². The molecule has 12 N–H and O–H groups in total. The molecular weight excluding hydrogens is 694 g/mol. The van der Waals surface area contributed by atoms with E-state index in [1.54, 1.807) is 26.2 Å². The maximum atomic E-state index is 14.3. The summed E-state index contributed by atoms with van der Waals surface area (Å²) in [5.41, 5.74) is 25.2. The van der Waals surface area contributed by atoms with E-state index in [9.17, 15) is 18.4 Å². The molecule has 0 spiro atoms. The number of carbonyl (C=O) groups is 2. The normalized spacial score (nSPS) is 13.2. The SMILES string of the molecule is C[C@H](N)[C@@H](C)Nc1nc(Nc2ccc3cccnc3c2)c(C(N)=O)cc1F.C[C@H](Nc1nc(Nc2ccc3cccnc3c2)c(C(N)=O)cc1F)[C@@H](C)N. The number of halogens is 2. The Morgan fingerprint density at radius 2 is 0.981 bits per heavy atom. The number of hydrogen-bond donors (Lipinski definition) is 8. The molecule has 0 saturated carbocycles. The van der Waals surface area contributed by atoms with Crippen molar-refractivity contribution < 1.29 is 18.4 Å². The van der Waals surface area contributed by atoms with Crippen molar-refractivity contribution in [2.45, 2.75) is 51.9 Å². The fraction of sp³-hybridized carbons (Fsp3) is 0.211. The fourth-order valence-electron chi connectivity index (χ4n) is 5.00. The number of amides is 2. The molecule has 0 aliphatic heterocycles. The van der Waals surface area contributed by atoms with Crippen LogP contribution in [0.1, 0.15) is 48.4 Å². The molecule has 54 heavy (non-hydrogen) atoms. The largest absolute Gasteiger partial charge is 0.365 e. The zero-order valence-electron chi connectivity index (χ0n) is 30.1. The molecule has 0 fully saturated rings. The minimum absolute atomic E-state index is 0.00814. The number of benzene rings is 2. The minimum atomic E-state index is -0.783. The molecule has 0 aliphatic rings. The van der Waals surface area contributed by atoms with E-state index in [0.717, 1.165) is 33.9 Å². The van der Waals surface area contributed by atoms with Crippen LogP contribution in [0.15, 0.2) is 85.2 Å². The molecule has 0 radical (unpaired) electrons. The topological polar surface area (TPSA) is 238 Å². The van der Waals surface area contributed by atoms with Gasteiger partial charge in [-0.25, -0.2) is 18.7 Å². The lowest BCUT2D eigenvalue weighted by Crippen LogP contribution is -2.35. The Labute approximate surface area is 310 Å². The van der Waals surface area contributed by atoms with E-state index < -0.39 is 23.4 Å². The van der Waals surface area contributed by atoms with Gasteiger partial charge in [0.15, 0.2) is 23.3 Å². The van der Waals surface area contributed by atoms with Crippen molar-refractivity contribution in [3.8, 4) is 0 Å². The second-order valence-electron chi connectivity index (χ2n) is 12.8. The van der Waals surface area contributed by atoms with Crippen LogP contribution < -0.4 is 44.2 Å². The highest BCUT2D eigenvalue weighted by molar-refractivity contribution is 5.99. The van der Waals surface area contributed by atoms with E-state index in [1.807, 2.05) is 74.5 Å². The van der Waals surface area contributed by atoms with E-state index in [2.05, 4.69) is 41.2 Å². The number of rotatable bonds is 12. The highest BCUT2D eigenvalue weighted by atomic mass is 19.1. The molecule has 280 valence electrons. The van der Waals surface area contributed by atoms with Gasteiger partial charge in [0.1, 0.15) is 11.6 Å². The molecule has 4 aromatic heterocycles. The second-order valence-corrected chi connectivity index (χ2v) is 12.8. The van der Waals surface area contributed by atoms with Crippen LogP contribution in [-0.2, 0) is 0 Å². The average Bonchev–Trinajstić information content (AvgIpc) is 3.13. The quantitative estimate of drug-likeness (QED) is 0.0775. The van der Waals surface area contributed by atoms with Crippen LogP contribution in [0.5, 0.6) is 0 Å². The van der Waals surface area contributed by atoms with Gasteiger partial charge in [0.2, 0.25) is 0 Å². The van der Waals surface area contributed by atoms with Crippen molar-refractivity contribution in [1.82, 2.24) is 19.9 Å². The maximum Gasteiger partial charge on any atom is 0.252 e. The molecule has 14 nitrogen and oxygen atoms in total. The first-order valence-corrected chi connectivity index (χ1v) is 17.0. The Kier molecular flexibility index (Phi) is 12.1. The molecular formula is C38H42F2N12O2. The number of nitrogens with one attached hydrogen (secondary N) is 4. The van der Waals surface area contributed by atoms with E-state index >= 15 is 0 Å². The number of carbonyl (C=O) groups excluding carboxylic acids is 2. The number of nitrogens with two attached hydrogens (primary N) is 4. The second kappa shape index (κ2) is 16.9. The molecule has 4 heterocycles. The zero-order valence-corrected chi connectivity index (χ0v) is 30.1. The molecule has 2 aromatic carbocycles. The van der Waals surface area contributed by atoms with Gasteiger partial charge in [-0.2, -0.15) is 0 Å². The number of pyridine rings is 4. The van der Waals surface area contributed by atoms with Crippen molar-refractivity contribution in [3.63, 3.8) is 0 Å². The molecule has 2 amide bonds. The highest BCUT2D eigenvalue weighted by Crippen LogP contribution is 2.28. The van der Waals surface area contributed by atoms with Crippen molar-refractivity contribution in [2.24, 2.45) is 22.9 Å². The molecule has 6 rings (SSSR count). The Morgan fingerprint density at radius 1 is 0.593 bits per heavy atom. The summed E-state index contributed by atoms with van der Waals surface area (Å²) in [7, 11) is 0. The van der Waals surface area contributed by atoms with Gasteiger partial charge in [-0.15, -0.1) is 0 Å². The first kappa shape index (κ1) is 38.7. The summed E-state index contributed by atoms with van der Waals surface area (Å²) >= 11 is 0. The number of anilines is 6.